The van der Waals surface area contributed by atoms with Crippen LogP contribution in [0.5, 0.6) is 0 Å². The Kier molecular flexibility index (Phi) is 4.58. The van der Waals surface area contributed by atoms with Crippen LogP contribution in [0, 0.1) is 0 Å². The van der Waals surface area contributed by atoms with Crippen molar-refractivity contribution in [1.29, 1.82) is 0 Å². The first-order valence-electron chi connectivity index (χ1n) is 15.9. The lowest BCUT2D eigenvalue weighted by atomic mass is 9.52. The van der Waals surface area contributed by atoms with Gasteiger partial charge in [-0.15, -0.1) is 0 Å². The number of halogens is 1. The molecule has 0 saturated carbocycles. The first kappa shape index (κ1) is 24.9. The van der Waals surface area contributed by atoms with Crippen molar-refractivity contribution in [2.45, 2.75) is 10.8 Å². The molecule has 214 valence electrons. The zero-order chi connectivity index (χ0) is 30.2. The third-order valence-corrected chi connectivity index (χ3v) is 11.3. The van der Waals surface area contributed by atoms with Crippen molar-refractivity contribution >= 4 is 33.5 Å². The van der Waals surface area contributed by atoms with Crippen molar-refractivity contribution in [3.8, 4) is 22.3 Å². The Hall–Kier alpha value is -5.37. The lowest BCUT2D eigenvalue weighted by Gasteiger charge is -2.48. The topological polar surface area (TPSA) is 13.1 Å². The Balaban J connectivity index is 1.36. The molecule has 0 fully saturated rings. The van der Waals surface area contributed by atoms with Crippen molar-refractivity contribution in [3.63, 3.8) is 0 Å². The lowest BCUT2D eigenvalue weighted by molar-refractivity contribution is 0.630. The van der Waals surface area contributed by atoms with E-state index in [2.05, 4.69) is 146 Å². The van der Waals surface area contributed by atoms with Gasteiger partial charge in [-0.1, -0.05) is 133 Å². The lowest BCUT2D eigenvalue weighted by Crippen LogP contribution is -2.43. The molecule has 7 aromatic carbocycles. The van der Waals surface area contributed by atoms with Gasteiger partial charge in [0, 0.05) is 15.8 Å². The molecular formula is C44H25ClO. The highest BCUT2D eigenvalue weighted by Gasteiger charge is 2.59. The van der Waals surface area contributed by atoms with E-state index in [4.69, 9.17) is 16.0 Å². The highest BCUT2D eigenvalue weighted by Crippen LogP contribution is 2.67. The van der Waals surface area contributed by atoms with Gasteiger partial charge in [0.05, 0.1) is 10.8 Å². The van der Waals surface area contributed by atoms with Crippen molar-refractivity contribution in [2.24, 2.45) is 0 Å². The Labute approximate surface area is 271 Å². The van der Waals surface area contributed by atoms with Crippen LogP contribution in [0.3, 0.4) is 0 Å². The average molecular weight is 605 g/mol. The monoisotopic (exact) mass is 604 g/mol. The summed E-state index contributed by atoms with van der Waals surface area (Å²) < 4.78 is 6.57. The highest BCUT2D eigenvalue weighted by atomic mass is 35.5. The molecular weight excluding hydrogens is 580 g/mol. The zero-order valence-corrected chi connectivity index (χ0v) is 25.5. The SMILES string of the molecule is Clc1ccc2c(c1)-c1cc3c(cc1C21c2ccccc2C2(c4ccccc4-c4ccccc42)c2ccccc21)oc1ccccc13. The molecule has 3 aliphatic rings. The van der Waals surface area contributed by atoms with Crippen molar-refractivity contribution in [2.75, 3.05) is 0 Å². The van der Waals surface area contributed by atoms with E-state index in [1.54, 1.807) is 0 Å². The first-order valence-corrected chi connectivity index (χ1v) is 16.3. The number of rotatable bonds is 0. The summed E-state index contributed by atoms with van der Waals surface area (Å²) in [6.07, 6.45) is 0. The number of furan rings is 1. The van der Waals surface area contributed by atoms with Crippen molar-refractivity contribution in [1.82, 2.24) is 0 Å². The summed E-state index contributed by atoms with van der Waals surface area (Å²) in [4.78, 5) is 0. The van der Waals surface area contributed by atoms with Crippen LogP contribution in [0.1, 0.15) is 44.5 Å². The van der Waals surface area contributed by atoms with Gasteiger partial charge in [-0.3, -0.25) is 0 Å². The van der Waals surface area contributed by atoms with Gasteiger partial charge in [0.2, 0.25) is 0 Å². The van der Waals surface area contributed by atoms with E-state index >= 15 is 0 Å². The maximum absolute atomic E-state index is 6.80. The van der Waals surface area contributed by atoms with E-state index in [0.29, 0.717) is 0 Å². The zero-order valence-electron chi connectivity index (χ0n) is 24.7. The highest BCUT2D eigenvalue weighted by molar-refractivity contribution is 6.31. The van der Waals surface area contributed by atoms with Gasteiger partial charge >= 0.3 is 0 Å². The fraction of sp³-hybridized carbons (Fsp3) is 0.0455. The summed E-state index contributed by atoms with van der Waals surface area (Å²) in [7, 11) is 0. The summed E-state index contributed by atoms with van der Waals surface area (Å²) in [6.45, 7) is 0. The normalized spacial score (nSPS) is 15.4. The molecule has 1 aromatic heterocycles. The van der Waals surface area contributed by atoms with Gasteiger partial charge in [-0.25, -0.2) is 0 Å². The Morgan fingerprint density at radius 3 is 1.46 bits per heavy atom. The fourth-order valence-corrected chi connectivity index (χ4v) is 9.65. The number of fused-ring (bicyclic) bond motifs is 19. The second-order valence-corrected chi connectivity index (χ2v) is 13.3. The minimum Gasteiger partial charge on any atom is -0.456 e. The summed E-state index contributed by atoms with van der Waals surface area (Å²) in [5.41, 5.74) is 16.2. The molecule has 46 heavy (non-hydrogen) atoms. The maximum atomic E-state index is 6.80. The molecule has 1 nitrogen and oxygen atoms in total. The van der Waals surface area contributed by atoms with E-state index in [-0.39, 0.29) is 0 Å². The smallest absolute Gasteiger partial charge is 0.135 e. The predicted molar refractivity (Wildman–Crippen MR) is 187 cm³/mol. The Morgan fingerprint density at radius 2 is 0.826 bits per heavy atom. The van der Waals surface area contributed by atoms with Gasteiger partial charge in [0.25, 0.3) is 0 Å². The van der Waals surface area contributed by atoms with Crippen LogP contribution < -0.4 is 0 Å². The van der Waals surface area contributed by atoms with Gasteiger partial charge in [-0.05, 0) is 97.1 Å². The average Bonchev–Trinajstić information content (AvgIpc) is 3.71. The van der Waals surface area contributed by atoms with E-state index in [0.717, 1.165) is 27.0 Å². The van der Waals surface area contributed by atoms with Gasteiger partial charge < -0.3 is 4.42 Å². The van der Waals surface area contributed by atoms with Crippen LogP contribution in [0.2, 0.25) is 5.02 Å². The van der Waals surface area contributed by atoms with Crippen LogP contribution in [0.15, 0.2) is 156 Å². The van der Waals surface area contributed by atoms with Crippen LogP contribution in [-0.2, 0) is 10.8 Å². The van der Waals surface area contributed by atoms with Crippen LogP contribution in [0.4, 0.5) is 0 Å². The first-order chi connectivity index (χ1) is 22.7. The fourth-order valence-electron chi connectivity index (χ4n) is 9.48. The molecule has 3 aliphatic carbocycles. The molecule has 0 atom stereocenters. The summed E-state index contributed by atoms with van der Waals surface area (Å²) in [6, 6.07) is 55.8. The molecule has 0 saturated heterocycles. The number of hydrogen-bond acceptors (Lipinski definition) is 1. The number of para-hydroxylation sites is 1. The number of hydrogen-bond donors (Lipinski definition) is 0. The number of benzene rings is 7. The van der Waals surface area contributed by atoms with Crippen LogP contribution >= 0.6 is 11.6 Å². The van der Waals surface area contributed by atoms with E-state index < -0.39 is 10.8 Å². The van der Waals surface area contributed by atoms with Gasteiger partial charge in [0.1, 0.15) is 11.2 Å². The third kappa shape index (κ3) is 2.69. The summed E-state index contributed by atoms with van der Waals surface area (Å²) >= 11 is 6.80. The largest absolute Gasteiger partial charge is 0.456 e. The van der Waals surface area contributed by atoms with Gasteiger partial charge in [-0.2, -0.15) is 0 Å². The molecule has 0 unspecified atom stereocenters. The molecule has 2 heteroatoms. The minimum atomic E-state index is -0.562. The van der Waals surface area contributed by atoms with Crippen molar-refractivity contribution < 1.29 is 4.42 Å². The van der Waals surface area contributed by atoms with Crippen LogP contribution in [-0.4, -0.2) is 0 Å². The molecule has 2 spiro atoms. The van der Waals surface area contributed by atoms with E-state index in [1.165, 1.54) is 66.8 Å². The molecule has 0 radical (unpaired) electrons. The Bertz CT molecular complexity index is 2530. The molecule has 1 heterocycles. The standard InChI is InChI=1S/C44H25ClO/c45-26-21-22-35-30(23-26)31-24-32-29-13-3-10-20-41(29)46-42(32)25-40(31)44(35)38-18-8-6-16-36(38)43(37-17-7-9-19-39(37)44)33-14-4-1-11-27(33)28-12-2-5-15-34(28)43/h1-25H. The second kappa shape index (κ2) is 8.46. The Morgan fingerprint density at radius 1 is 0.348 bits per heavy atom. The van der Waals surface area contributed by atoms with Crippen LogP contribution in [0.25, 0.3) is 44.2 Å². The summed E-state index contributed by atoms with van der Waals surface area (Å²) in [5, 5.41) is 3.00. The molecule has 11 rings (SSSR count). The van der Waals surface area contributed by atoms with E-state index in [9.17, 15) is 0 Å². The van der Waals surface area contributed by atoms with E-state index in [1.807, 2.05) is 6.07 Å². The summed E-state index contributed by atoms with van der Waals surface area (Å²) in [5.74, 6) is 0. The molecule has 0 bridgehead atoms. The molecule has 8 aromatic rings. The minimum absolute atomic E-state index is 0.454. The second-order valence-electron chi connectivity index (χ2n) is 12.9. The molecule has 0 N–H and O–H groups in total. The molecule has 0 amide bonds. The maximum Gasteiger partial charge on any atom is 0.135 e. The quantitative estimate of drug-likeness (QED) is 0.168. The van der Waals surface area contributed by atoms with Gasteiger partial charge in [0.15, 0.2) is 0 Å². The molecule has 0 aliphatic heterocycles. The predicted octanol–water partition coefficient (Wildman–Crippen LogP) is 11.3. The van der Waals surface area contributed by atoms with Crippen molar-refractivity contribution in [3.05, 3.63) is 201 Å². The third-order valence-electron chi connectivity index (χ3n) is 11.0.